The first-order valence-corrected chi connectivity index (χ1v) is 10.9. The lowest BCUT2D eigenvalue weighted by atomic mass is 9.97. The number of nitrogens with one attached hydrogen (secondary N) is 1. The van der Waals surface area contributed by atoms with E-state index in [-0.39, 0.29) is 6.10 Å². The van der Waals surface area contributed by atoms with Gasteiger partial charge >= 0.3 is 0 Å². The van der Waals surface area contributed by atoms with E-state index in [0.29, 0.717) is 12.5 Å². The average molecular weight is 380 g/mol. The van der Waals surface area contributed by atoms with Gasteiger partial charge in [-0.15, -0.1) is 11.3 Å². The number of nitrogens with zero attached hydrogens (tertiary/aromatic N) is 4. The summed E-state index contributed by atoms with van der Waals surface area (Å²) < 4.78 is 0. The van der Waals surface area contributed by atoms with E-state index >= 15 is 0 Å². The summed E-state index contributed by atoms with van der Waals surface area (Å²) in [5, 5.41) is 16.6. The highest BCUT2D eigenvalue weighted by Crippen LogP contribution is 2.20. The lowest BCUT2D eigenvalue weighted by Crippen LogP contribution is -2.41. The Bertz CT molecular complexity index is 582. The molecule has 0 bridgehead atoms. The number of piperidine rings is 1. The Hall–Kier alpha value is -1.18. The van der Waals surface area contributed by atoms with Gasteiger partial charge in [-0.3, -0.25) is 9.89 Å². The Morgan fingerprint density at radius 1 is 1.31 bits per heavy atom. The number of aliphatic hydroxyl groups excluding tert-OH is 1. The highest BCUT2D eigenvalue weighted by Gasteiger charge is 2.24. The van der Waals surface area contributed by atoms with Gasteiger partial charge in [0.15, 0.2) is 5.96 Å². The summed E-state index contributed by atoms with van der Waals surface area (Å²) in [5.41, 5.74) is 1.23. The normalized spacial score (nSPS) is 23.0. The molecular formula is C19H33N5OS. The van der Waals surface area contributed by atoms with Crippen molar-refractivity contribution in [2.24, 2.45) is 10.9 Å². The smallest absolute Gasteiger partial charge is 0.194 e. The molecule has 26 heavy (non-hydrogen) atoms. The molecule has 1 atom stereocenters. The van der Waals surface area contributed by atoms with Crippen molar-refractivity contribution in [1.29, 1.82) is 0 Å². The van der Waals surface area contributed by atoms with Crippen LogP contribution in [0.3, 0.4) is 0 Å². The molecule has 7 heteroatoms. The van der Waals surface area contributed by atoms with Gasteiger partial charge in [0.2, 0.25) is 0 Å². The molecule has 3 heterocycles. The van der Waals surface area contributed by atoms with Crippen molar-refractivity contribution in [2.75, 3.05) is 39.3 Å². The maximum atomic E-state index is 9.77. The summed E-state index contributed by atoms with van der Waals surface area (Å²) in [7, 11) is 0. The third-order valence-electron chi connectivity index (χ3n) is 5.29. The van der Waals surface area contributed by atoms with Gasteiger partial charge in [-0.2, -0.15) is 0 Å². The summed E-state index contributed by atoms with van der Waals surface area (Å²) >= 11 is 1.78. The van der Waals surface area contributed by atoms with Crippen LogP contribution in [0.2, 0.25) is 0 Å². The van der Waals surface area contributed by atoms with Crippen molar-refractivity contribution in [2.45, 2.75) is 52.2 Å². The van der Waals surface area contributed by atoms with E-state index in [0.717, 1.165) is 58.1 Å². The molecule has 1 aromatic heterocycles. The number of guanidine groups is 1. The van der Waals surface area contributed by atoms with E-state index in [1.165, 1.54) is 23.5 Å². The first-order valence-electron chi connectivity index (χ1n) is 10.0. The third-order valence-corrected chi connectivity index (χ3v) is 6.33. The fourth-order valence-corrected chi connectivity index (χ4v) is 4.45. The van der Waals surface area contributed by atoms with Crippen LogP contribution in [0.4, 0.5) is 0 Å². The second-order valence-corrected chi connectivity index (χ2v) is 8.33. The van der Waals surface area contributed by atoms with Gasteiger partial charge in [0.05, 0.1) is 16.8 Å². The van der Waals surface area contributed by atoms with Gasteiger partial charge in [-0.1, -0.05) is 6.92 Å². The molecular weight excluding hydrogens is 346 g/mol. The summed E-state index contributed by atoms with van der Waals surface area (Å²) in [4.78, 5) is 14.3. The summed E-state index contributed by atoms with van der Waals surface area (Å²) in [6.07, 6.45) is 4.08. The first kappa shape index (κ1) is 19.6. The molecule has 0 saturated carbocycles. The predicted octanol–water partition coefficient (Wildman–Crippen LogP) is 1.95. The quantitative estimate of drug-likeness (QED) is 0.584. The van der Waals surface area contributed by atoms with Crippen LogP contribution < -0.4 is 5.32 Å². The SMILES string of the molecule is CCNC(=NCC1CCN(Cc2csc(CC)n2)CC1)N1CC[C@@H](O)C1. The molecule has 2 saturated heterocycles. The van der Waals surface area contributed by atoms with Crippen molar-refractivity contribution in [3.8, 4) is 0 Å². The molecule has 2 aliphatic heterocycles. The zero-order chi connectivity index (χ0) is 18.4. The fraction of sp³-hybridized carbons (Fsp3) is 0.789. The molecule has 146 valence electrons. The van der Waals surface area contributed by atoms with Gasteiger partial charge in [0, 0.05) is 38.1 Å². The van der Waals surface area contributed by atoms with Crippen molar-refractivity contribution < 1.29 is 5.11 Å². The van der Waals surface area contributed by atoms with Gasteiger partial charge in [-0.25, -0.2) is 4.98 Å². The fourth-order valence-electron chi connectivity index (χ4n) is 3.72. The van der Waals surface area contributed by atoms with Crippen molar-refractivity contribution in [3.63, 3.8) is 0 Å². The minimum absolute atomic E-state index is 0.207. The van der Waals surface area contributed by atoms with Crippen LogP contribution in [-0.4, -0.2) is 71.2 Å². The summed E-state index contributed by atoms with van der Waals surface area (Å²) in [6.45, 7) is 10.9. The molecule has 6 nitrogen and oxygen atoms in total. The van der Waals surface area contributed by atoms with E-state index in [1.54, 1.807) is 11.3 Å². The summed E-state index contributed by atoms with van der Waals surface area (Å²) in [5.74, 6) is 1.63. The van der Waals surface area contributed by atoms with E-state index < -0.39 is 0 Å². The van der Waals surface area contributed by atoms with Crippen LogP contribution in [0, 0.1) is 5.92 Å². The van der Waals surface area contributed by atoms with E-state index in [9.17, 15) is 5.11 Å². The predicted molar refractivity (Wildman–Crippen MR) is 108 cm³/mol. The zero-order valence-corrected chi connectivity index (χ0v) is 17.0. The number of aliphatic hydroxyl groups is 1. The van der Waals surface area contributed by atoms with Crippen LogP contribution in [0.25, 0.3) is 0 Å². The summed E-state index contributed by atoms with van der Waals surface area (Å²) in [6, 6.07) is 0. The highest BCUT2D eigenvalue weighted by molar-refractivity contribution is 7.09. The van der Waals surface area contributed by atoms with E-state index in [1.807, 2.05) is 0 Å². The topological polar surface area (TPSA) is 64.0 Å². The maximum absolute atomic E-state index is 9.77. The number of aryl methyl sites for hydroxylation is 1. The van der Waals surface area contributed by atoms with Gasteiger partial charge in [-0.05, 0) is 51.6 Å². The van der Waals surface area contributed by atoms with E-state index in [4.69, 9.17) is 9.98 Å². The second-order valence-electron chi connectivity index (χ2n) is 7.39. The molecule has 2 aliphatic rings. The van der Waals surface area contributed by atoms with Crippen LogP contribution in [-0.2, 0) is 13.0 Å². The minimum atomic E-state index is -0.207. The molecule has 0 aliphatic carbocycles. The van der Waals surface area contributed by atoms with Crippen LogP contribution >= 0.6 is 11.3 Å². The van der Waals surface area contributed by atoms with E-state index in [2.05, 4.69) is 34.3 Å². The van der Waals surface area contributed by atoms with Gasteiger partial charge in [0.25, 0.3) is 0 Å². The monoisotopic (exact) mass is 379 g/mol. The number of rotatable bonds is 6. The Morgan fingerprint density at radius 2 is 2.12 bits per heavy atom. The number of β-amino-alcohol motifs (C(OH)–C–C–N with tert-alkyl or cyclic N) is 1. The zero-order valence-electron chi connectivity index (χ0n) is 16.2. The minimum Gasteiger partial charge on any atom is -0.391 e. The molecule has 3 rings (SSSR count). The number of hydrogen-bond donors (Lipinski definition) is 2. The van der Waals surface area contributed by atoms with Gasteiger partial charge in [0.1, 0.15) is 0 Å². The van der Waals surface area contributed by atoms with Crippen molar-refractivity contribution in [1.82, 2.24) is 20.1 Å². The Morgan fingerprint density at radius 3 is 2.73 bits per heavy atom. The molecule has 0 unspecified atom stereocenters. The van der Waals surface area contributed by atoms with Crippen LogP contribution in [0.5, 0.6) is 0 Å². The first-order chi connectivity index (χ1) is 12.7. The maximum Gasteiger partial charge on any atom is 0.194 e. The lowest BCUT2D eigenvalue weighted by Gasteiger charge is -2.31. The Labute approximate surface area is 161 Å². The molecule has 0 spiro atoms. The average Bonchev–Trinajstić information content (AvgIpc) is 3.28. The van der Waals surface area contributed by atoms with Crippen LogP contribution in [0.15, 0.2) is 10.4 Å². The van der Waals surface area contributed by atoms with Gasteiger partial charge < -0.3 is 15.3 Å². The van der Waals surface area contributed by atoms with Crippen LogP contribution in [0.1, 0.15) is 43.8 Å². The lowest BCUT2D eigenvalue weighted by molar-refractivity contribution is 0.178. The number of aromatic nitrogens is 1. The molecule has 0 aromatic carbocycles. The number of likely N-dealkylation sites (tertiary alicyclic amines) is 2. The Balaban J connectivity index is 1.45. The van der Waals surface area contributed by atoms with Crippen molar-refractivity contribution >= 4 is 17.3 Å². The molecule has 0 amide bonds. The standard InChI is InChI=1S/C19H33N5OS/c1-3-18-22-16(14-26-18)12-23-8-5-15(6-9-23)11-21-19(20-4-2)24-10-7-17(25)13-24/h14-15,17,25H,3-13H2,1-2H3,(H,20,21)/t17-/m1/s1. The second kappa shape index (κ2) is 9.67. The highest BCUT2D eigenvalue weighted by atomic mass is 32.1. The molecule has 0 radical (unpaired) electrons. The Kier molecular flexibility index (Phi) is 7.28. The molecule has 2 fully saturated rings. The largest absolute Gasteiger partial charge is 0.391 e. The number of hydrogen-bond acceptors (Lipinski definition) is 5. The number of aliphatic imine (C=N–C) groups is 1. The third kappa shape index (κ3) is 5.41. The van der Waals surface area contributed by atoms with Crippen molar-refractivity contribution in [3.05, 3.63) is 16.1 Å². The number of thiazole rings is 1. The molecule has 1 aromatic rings. The molecule has 2 N–H and O–H groups in total.